The van der Waals surface area contributed by atoms with Crippen molar-refractivity contribution in [2.24, 2.45) is 10.8 Å². The number of hydrogen-bond acceptors (Lipinski definition) is 10. The highest BCUT2D eigenvalue weighted by atomic mass is 35.5. The smallest absolute Gasteiger partial charge is 0.261 e. The Balaban J connectivity index is 0.000000241. The van der Waals surface area contributed by atoms with Crippen molar-refractivity contribution >= 4 is 90.4 Å². The van der Waals surface area contributed by atoms with E-state index in [0.29, 0.717) is 38.2 Å². The second-order valence-corrected chi connectivity index (χ2v) is 15.0. The van der Waals surface area contributed by atoms with Crippen LogP contribution in [0.4, 0.5) is 11.4 Å². The van der Waals surface area contributed by atoms with E-state index in [2.05, 4.69) is 43.1 Å². The van der Waals surface area contributed by atoms with Gasteiger partial charge < -0.3 is 0 Å². The zero-order chi connectivity index (χ0) is 36.2. The first-order chi connectivity index (χ1) is 23.2. The van der Waals surface area contributed by atoms with Gasteiger partial charge in [0.1, 0.15) is 6.33 Å². The fraction of sp³-hybridized carbons (Fsp3) is 0.0968. The first-order valence-electron chi connectivity index (χ1n) is 13.8. The van der Waals surface area contributed by atoms with Crippen LogP contribution in [0.3, 0.4) is 0 Å². The number of sulfonamides is 1. The molecule has 1 amide bonds. The van der Waals surface area contributed by atoms with Gasteiger partial charge in [-0.1, -0.05) is 35.3 Å². The van der Waals surface area contributed by atoms with Gasteiger partial charge in [-0.05, 0) is 128 Å². The molecule has 5 N–H and O–H groups in total. The molecule has 18 heteroatoms. The second-order valence-electron chi connectivity index (χ2n) is 9.92. The summed E-state index contributed by atoms with van der Waals surface area (Å²) >= 11 is 21.5. The van der Waals surface area contributed by atoms with Crippen LogP contribution in [-0.2, 0) is 30.4 Å². The molecule has 0 radical (unpaired) electrons. The molecule has 1 aromatic heterocycles. The summed E-state index contributed by atoms with van der Waals surface area (Å²) in [7, 11) is -7.10. The number of halogens is 2. The highest BCUT2D eigenvalue weighted by molar-refractivity contribution is 7.92. The summed E-state index contributed by atoms with van der Waals surface area (Å²) in [4.78, 5) is 13.1. The van der Waals surface area contributed by atoms with E-state index >= 15 is 0 Å². The van der Waals surface area contributed by atoms with Crippen LogP contribution in [-0.4, -0.2) is 43.2 Å². The number of anilines is 1. The number of thiocarbonyl (C=S) groups is 1. The molecule has 0 aliphatic rings. The maximum Gasteiger partial charge on any atom is 0.261 e. The number of aryl methyl sites for hydroxylation is 2. The molecule has 12 nitrogen and oxygen atoms in total. The van der Waals surface area contributed by atoms with E-state index in [4.69, 9.17) is 40.2 Å². The molecule has 0 spiro atoms. The first kappa shape index (κ1) is 39.2. The minimum atomic E-state index is -3.69. The number of aromatic nitrogens is 3. The number of hydrazine groups is 1. The first-order valence-corrected chi connectivity index (χ1v) is 18.5. The Hall–Kier alpha value is -4.25. The maximum atomic E-state index is 12.5. The Bertz CT molecular complexity index is 2240. The van der Waals surface area contributed by atoms with Gasteiger partial charge in [0.25, 0.3) is 10.0 Å². The van der Waals surface area contributed by atoms with E-state index in [-0.39, 0.29) is 15.5 Å². The molecular weight excluding hydrogens is 750 g/mol. The van der Waals surface area contributed by atoms with Gasteiger partial charge >= 0.3 is 0 Å². The van der Waals surface area contributed by atoms with E-state index in [0.717, 1.165) is 16.8 Å². The Morgan fingerprint density at radius 2 is 1.49 bits per heavy atom. The van der Waals surface area contributed by atoms with Crippen LogP contribution in [0.25, 0.3) is 5.69 Å². The Labute approximate surface area is 303 Å². The van der Waals surface area contributed by atoms with Crippen LogP contribution >= 0.6 is 47.6 Å². The van der Waals surface area contributed by atoms with Crippen molar-refractivity contribution in [1.29, 1.82) is 0 Å². The van der Waals surface area contributed by atoms with Crippen molar-refractivity contribution in [1.82, 2.24) is 20.2 Å². The quantitative estimate of drug-likeness (QED) is 0.0318. The van der Waals surface area contributed by atoms with E-state index in [1.165, 1.54) is 30.6 Å². The molecule has 5 aromatic rings. The van der Waals surface area contributed by atoms with E-state index in [9.17, 15) is 16.8 Å². The van der Waals surface area contributed by atoms with Crippen LogP contribution in [0, 0.1) is 18.6 Å². The zero-order valence-electron chi connectivity index (χ0n) is 25.8. The van der Waals surface area contributed by atoms with Gasteiger partial charge in [-0.3, -0.25) is 24.6 Å². The number of nitrogens with zero attached hydrogens (tertiary/aromatic N) is 3. The molecule has 0 bridgehead atoms. The van der Waals surface area contributed by atoms with Gasteiger partial charge in [-0.15, -0.1) is 0 Å². The average Bonchev–Trinajstić information content (AvgIpc) is 3.51. The number of hydrogen-bond donors (Lipinski definition) is 4. The fourth-order valence-corrected chi connectivity index (χ4v) is 6.95. The predicted octanol–water partition coefficient (Wildman–Crippen LogP) is 6.66. The lowest BCUT2D eigenvalue weighted by molar-refractivity contribution is -0.109. The van der Waals surface area contributed by atoms with Crippen molar-refractivity contribution in [3.8, 4) is 5.69 Å². The lowest BCUT2D eigenvalue weighted by Crippen LogP contribution is -2.18. The number of benzene rings is 4. The number of carbonyl (C=O) groups is 1. The number of H-pyrrole nitrogens is 1. The highest BCUT2D eigenvalue weighted by Gasteiger charge is 2.16. The minimum absolute atomic E-state index is 0.0687. The lowest BCUT2D eigenvalue weighted by atomic mass is 10.2. The molecule has 0 unspecified atom stereocenters. The largest absolute Gasteiger partial charge is 0.297 e. The number of nitrogens with two attached hydrogens (primary N) is 1. The van der Waals surface area contributed by atoms with Crippen LogP contribution in [0.1, 0.15) is 16.7 Å². The van der Waals surface area contributed by atoms with Gasteiger partial charge in [-0.25, -0.2) is 22.7 Å². The summed E-state index contributed by atoms with van der Waals surface area (Å²) < 4.78 is 54.3. The van der Waals surface area contributed by atoms with Gasteiger partial charge in [0.15, 0.2) is 14.6 Å². The van der Waals surface area contributed by atoms with Crippen LogP contribution in [0.5, 0.6) is 0 Å². The molecule has 0 saturated carbocycles. The van der Waals surface area contributed by atoms with E-state index in [1.54, 1.807) is 70.7 Å². The normalized spacial score (nSPS) is 10.7. The molecule has 4 aromatic carbocycles. The van der Waals surface area contributed by atoms with Crippen molar-refractivity contribution in [3.05, 3.63) is 123 Å². The fourth-order valence-electron chi connectivity index (χ4n) is 4.02. The standard InChI is InChI=1S/C15H13ClN4O2S2.C15H12ClNO2S2.CH4N2O/c1-10-8-11(2-7-14(10)16)19-24(21,22)13-5-3-12(4-6-13)20-9-17-18-15(20)23;1-11-8-12(2-7-15(11)16)9-21(18,19)14-5-3-13(4-6-14)17-10-20;2-3-1-4/h2-9,19H,1H3,(H,18,23);2-8H,9H2,1H3;1H,2H2,(H,3,4). The van der Waals surface area contributed by atoms with Gasteiger partial charge in [0, 0.05) is 21.4 Å². The van der Waals surface area contributed by atoms with Crippen molar-refractivity contribution in [3.63, 3.8) is 0 Å². The molecule has 0 aliphatic heterocycles. The Morgan fingerprint density at radius 1 is 0.918 bits per heavy atom. The number of carbonyl (C=O) groups excluding carboxylic acids is 1. The van der Waals surface area contributed by atoms with Gasteiger partial charge in [0.2, 0.25) is 6.41 Å². The third-order valence-corrected chi connectivity index (χ3v) is 10.7. The number of aromatic amines is 1. The summed E-state index contributed by atoms with van der Waals surface area (Å²) in [6, 6.07) is 22.7. The van der Waals surface area contributed by atoms with Crippen LogP contribution < -0.4 is 16.0 Å². The van der Waals surface area contributed by atoms with Crippen molar-refractivity contribution in [2.75, 3.05) is 4.72 Å². The zero-order valence-corrected chi connectivity index (χ0v) is 30.6. The minimum Gasteiger partial charge on any atom is -0.297 e. The molecule has 5 rings (SSSR count). The number of sulfone groups is 1. The third kappa shape index (κ3) is 11.4. The number of isothiocyanates is 1. The summed E-state index contributed by atoms with van der Waals surface area (Å²) in [5, 5.41) is 9.92. The topological polar surface area (TPSA) is 181 Å². The Kier molecular flexibility index (Phi) is 14.4. The molecular formula is C31H29Cl2N7O5S4. The van der Waals surface area contributed by atoms with Crippen LogP contribution in [0.2, 0.25) is 10.0 Å². The van der Waals surface area contributed by atoms with Gasteiger partial charge in [-0.2, -0.15) is 10.1 Å². The van der Waals surface area contributed by atoms with Crippen LogP contribution in [0.15, 0.2) is 106 Å². The SMILES string of the molecule is Cc1cc(CS(=O)(=O)c2ccc(N=C=S)cc2)ccc1Cl.Cc1cc(NS(=O)(=O)c2ccc(-n3cn[nH]c3=S)cc2)ccc1Cl.NNC=O. The number of aliphatic imine (C=N–C) groups is 1. The summed E-state index contributed by atoms with van der Waals surface area (Å²) in [5.41, 5.74) is 5.86. The third-order valence-electron chi connectivity index (χ3n) is 6.41. The average molecular weight is 779 g/mol. The van der Waals surface area contributed by atoms with Crippen molar-refractivity contribution < 1.29 is 21.6 Å². The Morgan fingerprint density at radius 3 is 2.00 bits per heavy atom. The molecule has 1 heterocycles. The molecule has 256 valence electrons. The molecule has 49 heavy (non-hydrogen) atoms. The lowest BCUT2D eigenvalue weighted by Gasteiger charge is -2.10. The second kappa shape index (κ2) is 17.9. The number of rotatable bonds is 9. The molecule has 0 fully saturated rings. The molecule has 0 aliphatic carbocycles. The molecule has 0 atom stereocenters. The van der Waals surface area contributed by atoms with E-state index in [1.807, 2.05) is 13.8 Å². The summed E-state index contributed by atoms with van der Waals surface area (Å²) in [5.74, 6) is 4.34. The summed E-state index contributed by atoms with van der Waals surface area (Å²) in [6.07, 6.45) is 1.93. The highest BCUT2D eigenvalue weighted by Crippen LogP contribution is 2.24. The maximum absolute atomic E-state index is 12.5. The molecule has 0 saturated heterocycles. The number of nitrogens with one attached hydrogen (secondary N) is 3. The van der Waals surface area contributed by atoms with Crippen molar-refractivity contribution in [2.45, 2.75) is 29.4 Å². The predicted molar refractivity (Wildman–Crippen MR) is 197 cm³/mol. The summed E-state index contributed by atoms with van der Waals surface area (Å²) in [6.45, 7) is 3.65. The van der Waals surface area contributed by atoms with E-state index < -0.39 is 19.9 Å². The monoisotopic (exact) mass is 777 g/mol. The number of amides is 1. The van der Waals surface area contributed by atoms with Gasteiger partial charge in [0.05, 0.1) is 26.4 Å².